The van der Waals surface area contributed by atoms with Crippen molar-refractivity contribution in [3.8, 4) is 11.3 Å². The first-order valence-electron chi connectivity index (χ1n) is 10.5. The van der Waals surface area contributed by atoms with E-state index in [1.54, 1.807) is 21.5 Å². The highest BCUT2D eigenvalue weighted by atomic mass is 16.2. The first kappa shape index (κ1) is 19.4. The van der Waals surface area contributed by atoms with Gasteiger partial charge in [-0.2, -0.15) is 5.10 Å². The molecule has 152 valence electrons. The van der Waals surface area contributed by atoms with Gasteiger partial charge < -0.3 is 9.47 Å². The number of aryl methyl sites for hydroxylation is 3. The van der Waals surface area contributed by atoms with Gasteiger partial charge in [-0.25, -0.2) is 4.52 Å². The molecule has 0 aliphatic carbocycles. The minimum Gasteiger partial charge on any atom is -0.343 e. The topological polar surface area (TPSA) is 59.6 Å². The van der Waals surface area contributed by atoms with Gasteiger partial charge in [0, 0.05) is 44.0 Å². The third kappa shape index (κ3) is 4.11. The van der Waals surface area contributed by atoms with Gasteiger partial charge in [0.2, 0.25) is 5.91 Å². The molecule has 0 bridgehead atoms. The molecule has 3 aromatic rings. The third-order valence-electron chi connectivity index (χ3n) is 5.93. The average Bonchev–Trinajstić information content (AvgIpc) is 2.97. The Labute approximate surface area is 170 Å². The quantitative estimate of drug-likeness (QED) is 0.682. The van der Waals surface area contributed by atoms with Crippen LogP contribution in [0.25, 0.3) is 16.8 Å². The van der Waals surface area contributed by atoms with E-state index in [9.17, 15) is 9.59 Å². The second-order valence-corrected chi connectivity index (χ2v) is 8.00. The number of carbonyl (C=O) groups excluding carboxylic acids is 1. The summed E-state index contributed by atoms with van der Waals surface area (Å²) in [6.45, 7) is 6.23. The van der Waals surface area contributed by atoms with Crippen LogP contribution in [-0.2, 0) is 11.3 Å². The molecule has 0 radical (unpaired) electrons. The van der Waals surface area contributed by atoms with Crippen LogP contribution in [0.5, 0.6) is 0 Å². The van der Waals surface area contributed by atoms with Gasteiger partial charge in [0.25, 0.3) is 5.56 Å². The van der Waals surface area contributed by atoms with E-state index in [0.717, 1.165) is 37.2 Å². The molecule has 0 atom stereocenters. The zero-order valence-corrected chi connectivity index (χ0v) is 17.2. The highest BCUT2D eigenvalue weighted by molar-refractivity contribution is 5.76. The first-order valence-corrected chi connectivity index (χ1v) is 10.5. The van der Waals surface area contributed by atoms with Crippen molar-refractivity contribution in [1.82, 2.24) is 19.1 Å². The van der Waals surface area contributed by atoms with Gasteiger partial charge in [-0.3, -0.25) is 9.59 Å². The molecule has 4 rings (SSSR count). The van der Waals surface area contributed by atoms with Crippen molar-refractivity contribution in [2.45, 2.75) is 52.5 Å². The summed E-state index contributed by atoms with van der Waals surface area (Å²) in [4.78, 5) is 27.4. The number of hydrogen-bond acceptors (Lipinski definition) is 3. The van der Waals surface area contributed by atoms with Crippen LogP contribution in [0.1, 0.15) is 43.2 Å². The molecule has 29 heavy (non-hydrogen) atoms. The van der Waals surface area contributed by atoms with E-state index in [1.807, 2.05) is 17.0 Å². The number of carbonyl (C=O) groups is 1. The molecule has 0 unspecified atom stereocenters. The van der Waals surface area contributed by atoms with Crippen LogP contribution < -0.4 is 5.56 Å². The molecule has 1 amide bonds. The van der Waals surface area contributed by atoms with Crippen molar-refractivity contribution < 1.29 is 4.79 Å². The Morgan fingerprint density at radius 2 is 1.76 bits per heavy atom. The number of aromatic nitrogens is 3. The largest absolute Gasteiger partial charge is 0.343 e. The lowest BCUT2D eigenvalue weighted by molar-refractivity contribution is -0.131. The summed E-state index contributed by atoms with van der Waals surface area (Å²) in [5.41, 5.74) is 4.63. The maximum Gasteiger partial charge on any atom is 0.276 e. The second-order valence-electron chi connectivity index (χ2n) is 8.00. The van der Waals surface area contributed by atoms with Crippen LogP contribution >= 0.6 is 0 Å². The molecule has 1 aliphatic rings. The molecule has 1 aromatic carbocycles. The van der Waals surface area contributed by atoms with Crippen molar-refractivity contribution in [3.05, 3.63) is 58.1 Å². The Morgan fingerprint density at radius 1 is 1.00 bits per heavy atom. The predicted octanol–water partition coefficient (Wildman–Crippen LogP) is 3.57. The maximum absolute atomic E-state index is 12.9. The third-order valence-corrected chi connectivity index (χ3v) is 5.93. The van der Waals surface area contributed by atoms with E-state index in [0.29, 0.717) is 18.5 Å². The lowest BCUT2D eigenvalue weighted by atomic mass is 10.0. The van der Waals surface area contributed by atoms with E-state index in [4.69, 9.17) is 0 Å². The predicted molar refractivity (Wildman–Crippen MR) is 114 cm³/mol. The number of nitrogens with zero attached hydrogens (tertiary/aromatic N) is 4. The standard InChI is InChI=1S/C23H28N4O2/c1-17-7-8-19(15-18(17)2)20-16-21-23(29)26(13-14-27(21)24-20)12-9-22(28)25-10-5-3-4-6-11-25/h7-8,13-16H,3-6,9-12H2,1-2H3. The van der Waals surface area contributed by atoms with E-state index in [1.165, 1.54) is 24.0 Å². The first-order chi connectivity index (χ1) is 14.0. The number of likely N-dealkylation sites (tertiary alicyclic amines) is 1. The van der Waals surface area contributed by atoms with Crippen LogP contribution in [0, 0.1) is 13.8 Å². The Balaban J connectivity index is 1.53. The van der Waals surface area contributed by atoms with Gasteiger partial charge in [-0.1, -0.05) is 25.0 Å². The summed E-state index contributed by atoms with van der Waals surface area (Å²) in [7, 11) is 0. The van der Waals surface area contributed by atoms with Crippen molar-refractivity contribution in [3.63, 3.8) is 0 Å². The van der Waals surface area contributed by atoms with Crippen molar-refractivity contribution in [2.75, 3.05) is 13.1 Å². The van der Waals surface area contributed by atoms with E-state index in [2.05, 4.69) is 31.1 Å². The summed E-state index contributed by atoms with van der Waals surface area (Å²) in [5.74, 6) is 0.142. The lowest BCUT2D eigenvalue weighted by Crippen LogP contribution is -2.33. The fourth-order valence-electron chi connectivity index (χ4n) is 3.94. The molecular weight excluding hydrogens is 364 g/mol. The molecule has 1 saturated heterocycles. The van der Waals surface area contributed by atoms with Gasteiger partial charge in [-0.15, -0.1) is 0 Å². The van der Waals surface area contributed by atoms with Crippen molar-refractivity contribution in [1.29, 1.82) is 0 Å². The van der Waals surface area contributed by atoms with E-state index < -0.39 is 0 Å². The molecule has 2 aromatic heterocycles. The molecule has 6 heteroatoms. The summed E-state index contributed by atoms with van der Waals surface area (Å²) in [5, 5.41) is 4.56. The number of benzene rings is 1. The number of fused-ring (bicyclic) bond motifs is 1. The van der Waals surface area contributed by atoms with Crippen molar-refractivity contribution in [2.24, 2.45) is 0 Å². The van der Waals surface area contributed by atoms with E-state index >= 15 is 0 Å². The Kier molecular flexibility index (Phi) is 5.51. The van der Waals surface area contributed by atoms with Crippen LogP contribution in [0.2, 0.25) is 0 Å². The van der Waals surface area contributed by atoms with Crippen LogP contribution in [0.15, 0.2) is 41.5 Å². The number of amides is 1. The molecule has 0 N–H and O–H groups in total. The molecular formula is C23H28N4O2. The summed E-state index contributed by atoms with van der Waals surface area (Å²) in [6.07, 6.45) is 8.42. The van der Waals surface area contributed by atoms with Gasteiger partial charge in [0.1, 0.15) is 5.52 Å². The normalized spacial score (nSPS) is 14.9. The zero-order valence-electron chi connectivity index (χ0n) is 17.2. The van der Waals surface area contributed by atoms with Gasteiger partial charge in [-0.05, 0) is 49.9 Å². The molecule has 1 fully saturated rings. The molecule has 0 spiro atoms. The SMILES string of the molecule is Cc1ccc(-c2cc3c(=O)n(CCC(=O)N4CCCCCC4)ccn3n2)cc1C. The highest BCUT2D eigenvalue weighted by Gasteiger charge is 2.16. The Morgan fingerprint density at radius 3 is 2.48 bits per heavy atom. The second kappa shape index (κ2) is 8.23. The fourth-order valence-corrected chi connectivity index (χ4v) is 3.94. The van der Waals surface area contributed by atoms with Gasteiger partial charge in [0.05, 0.1) is 5.69 Å². The summed E-state index contributed by atoms with van der Waals surface area (Å²) >= 11 is 0. The zero-order chi connectivity index (χ0) is 20.4. The van der Waals surface area contributed by atoms with Crippen molar-refractivity contribution >= 4 is 11.4 Å². The van der Waals surface area contributed by atoms with Crippen LogP contribution in [-0.4, -0.2) is 38.1 Å². The smallest absolute Gasteiger partial charge is 0.276 e. The van der Waals surface area contributed by atoms with Gasteiger partial charge >= 0.3 is 0 Å². The maximum atomic E-state index is 12.9. The Bertz CT molecular complexity index is 1090. The van der Waals surface area contributed by atoms with Gasteiger partial charge in [0.15, 0.2) is 0 Å². The number of rotatable bonds is 4. The molecule has 1 aliphatic heterocycles. The minimum atomic E-state index is -0.112. The summed E-state index contributed by atoms with van der Waals surface area (Å²) in [6, 6.07) is 8.03. The van der Waals surface area contributed by atoms with Crippen LogP contribution in [0.3, 0.4) is 0 Å². The Hall–Kier alpha value is -2.89. The lowest BCUT2D eigenvalue weighted by Gasteiger charge is -2.20. The molecule has 0 saturated carbocycles. The average molecular weight is 393 g/mol. The highest BCUT2D eigenvalue weighted by Crippen LogP contribution is 2.21. The van der Waals surface area contributed by atoms with E-state index in [-0.39, 0.29) is 11.5 Å². The molecule has 6 nitrogen and oxygen atoms in total. The monoisotopic (exact) mass is 392 g/mol. The summed E-state index contributed by atoms with van der Waals surface area (Å²) < 4.78 is 3.25. The number of hydrogen-bond donors (Lipinski definition) is 0. The molecule has 3 heterocycles. The fraction of sp³-hybridized carbons (Fsp3) is 0.435. The van der Waals surface area contributed by atoms with Crippen LogP contribution in [0.4, 0.5) is 0 Å². The minimum absolute atomic E-state index is 0.112.